The number of thiazole rings is 1. The topological polar surface area (TPSA) is 86.7 Å². The van der Waals surface area contributed by atoms with Gasteiger partial charge in [-0.05, 0) is 36.5 Å². The molecule has 0 radical (unpaired) electrons. The van der Waals surface area contributed by atoms with E-state index in [4.69, 9.17) is 0 Å². The summed E-state index contributed by atoms with van der Waals surface area (Å²) >= 11 is 1.64. The smallest absolute Gasteiger partial charge is 0.243 e. The van der Waals surface area contributed by atoms with E-state index in [2.05, 4.69) is 39.8 Å². The lowest BCUT2D eigenvalue weighted by Crippen LogP contribution is -2.36. The zero-order chi connectivity index (χ0) is 20.9. The summed E-state index contributed by atoms with van der Waals surface area (Å²) < 4.78 is 26.8. The van der Waals surface area contributed by atoms with Crippen molar-refractivity contribution < 1.29 is 8.42 Å². The summed E-state index contributed by atoms with van der Waals surface area (Å²) in [5, 5.41) is 9.63. The second kappa shape index (κ2) is 9.69. The molecule has 1 aliphatic rings. The number of guanidine groups is 1. The second-order valence-electron chi connectivity index (χ2n) is 7.36. The Morgan fingerprint density at radius 2 is 1.83 bits per heavy atom. The van der Waals surface area contributed by atoms with Crippen LogP contribution in [0.15, 0.2) is 39.5 Å². The van der Waals surface area contributed by atoms with Crippen LogP contribution in [0.5, 0.6) is 0 Å². The van der Waals surface area contributed by atoms with E-state index in [-0.39, 0.29) is 0 Å². The summed E-state index contributed by atoms with van der Waals surface area (Å²) in [6, 6.07) is 7.06. The van der Waals surface area contributed by atoms with E-state index in [1.807, 2.05) is 12.1 Å². The molecule has 1 aliphatic heterocycles. The summed E-state index contributed by atoms with van der Waals surface area (Å²) in [6.07, 6.45) is 1.88. The zero-order valence-corrected chi connectivity index (χ0v) is 18.8. The molecular formula is C20H29N5O2S2. The van der Waals surface area contributed by atoms with E-state index < -0.39 is 10.0 Å². The van der Waals surface area contributed by atoms with Crippen molar-refractivity contribution in [2.24, 2.45) is 4.99 Å². The fourth-order valence-electron chi connectivity index (χ4n) is 3.09. The van der Waals surface area contributed by atoms with Gasteiger partial charge in [0.05, 0.1) is 17.1 Å². The predicted octanol–water partition coefficient (Wildman–Crippen LogP) is 2.92. The molecule has 2 heterocycles. The van der Waals surface area contributed by atoms with Crippen molar-refractivity contribution in [3.8, 4) is 0 Å². The van der Waals surface area contributed by atoms with Crippen LogP contribution in [0.2, 0.25) is 0 Å². The molecule has 1 aromatic heterocycles. The molecule has 0 atom stereocenters. The van der Waals surface area contributed by atoms with Crippen LogP contribution in [0.3, 0.4) is 0 Å². The van der Waals surface area contributed by atoms with E-state index in [9.17, 15) is 8.42 Å². The van der Waals surface area contributed by atoms with Crippen molar-refractivity contribution in [3.05, 3.63) is 45.9 Å². The minimum atomic E-state index is -3.36. The van der Waals surface area contributed by atoms with Gasteiger partial charge in [0.2, 0.25) is 10.0 Å². The van der Waals surface area contributed by atoms with Gasteiger partial charge in [0.15, 0.2) is 5.96 Å². The normalized spacial score (nSPS) is 15.8. The largest absolute Gasteiger partial charge is 0.352 e. The minimum Gasteiger partial charge on any atom is -0.352 e. The standard InChI is InChI=1S/C20H29N5O2S2/c1-15(2)18-14-28-19(24-18)13-23-20(21-3)22-12-16-6-8-17(9-7-16)29(26,27)25-10-4-5-11-25/h6-9,14-15H,4-5,10-13H2,1-3H3,(H2,21,22,23). The number of aromatic nitrogens is 1. The van der Waals surface area contributed by atoms with Gasteiger partial charge in [-0.15, -0.1) is 11.3 Å². The molecule has 9 heteroatoms. The molecule has 0 aliphatic carbocycles. The number of sulfonamides is 1. The monoisotopic (exact) mass is 435 g/mol. The Morgan fingerprint density at radius 1 is 1.17 bits per heavy atom. The van der Waals surface area contributed by atoms with Gasteiger partial charge in [-0.3, -0.25) is 4.99 Å². The summed E-state index contributed by atoms with van der Waals surface area (Å²) in [5.74, 6) is 1.11. The molecule has 3 rings (SSSR count). The number of aliphatic imine (C=N–C) groups is 1. The quantitative estimate of drug-likeness (QED) is 0.516. The average Bonchev–Trinajstić information content (AvgIpc) is 3.41. The fraction of sp³-hybridized carbons (Fsp3) is 0.500. The maximum Gasteiger partial charge on any atom is 0.243 e. The lowest BCUT2D eigenvalue weighted by Gasteiger charge is -2.16. The van der Waals surface area contributed by atoms with Gasteiger partial charge >= 0.3 is 0 Å². The first-order valence-electron chi connectivity index (χ1n) is 9.88. The van der Waals surface area contributed by atoms with Crippen LogP contribution in [-0.2, 0) is 23.1 Å². The molecule has 7 nitrogen and oxygen atoms in total. The molecule has 2 N–H and O–H groups in total. The minimum absolute atomic E-state index is 0.357. The Hall–Kier alpha value is -1.97. The highest BCUT2D eigenvalue weighted by atomic mass is 32.2. The first kappa shape index (κ1) is 21.7. The Morgan fingerprint density at radius 3 is 2.41 bits per heavy atom. The number of nitrogens with zero attached hydrogens (tertiary/aromatic N) is 3. The van der Waals surface area contributed by atoms with Crippen LogP contribution in [-0.4, -0.2) is 43.8 Å². The third kappa shape index (κ3) is 5.55. The van der Waals surface area contributed by atoms with Crippen LogP contribution in [0, 0.1) is 0 Å². The van der Waals surface area contributed by atoms with Crippen LogP contribution < -0.4 is 10.6 Å². The van der Waals surface area contributed by atoms with Gasteiger partial charge in [0, 0.05) is 32.1 Å². The molecule has 0 bridgehead atoms. The van der Waals surface area contributed by atoms with Crippen molar-refractivity contribution in [1.29, 1.82) is 0 Å². The lowest BCUT2D eigenvalue weighted by atomic mass is 10.2. The molecule has 158 valence electrons. The van der Waals surface area contributed by atoms with Gasteiger partial charge in [-0.25, -0.2) is 13.4 Å². The molecule has 1 saturated heterocycles. The van der Waals surface area contributed by atoms with E-state index in [0.717, 1.165) is 29.1 Å². The first-order valence-corrected chi connectivity index (χ1v) is 12.2. The Labute approximate surface area is 177 Å². The van der Waals surface area contributed by atoms with E-state index >= 15 is 0 Å². The highest BCUT2D eigenvalue weighted by Gasteiger charge is 2.26. The van der Waals surface area contributed by atoms with Crippen LogP contribution in [0.1, 0.15) is 48.9 Å². The number of benzene rings is 1. The zero-order valence-electron chi connectivity index (χ0n) is 17.2. The Balaban J connectivity index is 1.52. The van der Waals surface area contributed by atoms with Gasteiger partial charge in [-0.2, -0.15) is 4.31 Å². The molecule has 29 heavy (non-hydrogen) atoms. The van der Waals surface area contributed by atoms with Gasteiger partial charge in [0.25, 0.3) is 0 Å². The molecule has 0 spiro atoms. The SMILES string of the molecule is CN=C(NCc1ccc(S(=O)(=O)N2CCCC2)cc1)NCc1nc(C(C)C)cs1. The third-order valence-electron chi connectivity index (χ3n) is 4.88. The highest BCUT2D eigenvalue weighted by Crippen LogP contribution is 2.21. The molecule has 2 aromatic rings. The summed E-state index contributed by atoms with van der Waals surface area (Å²) in [7, 11) is -1.64. The van der Waals surface area contributed by atoms with E-state index in [0.29, 0.717) is 43.0 Å². The van der Waals surface area contributed by atoms with Gasteiger partial charge in [-0.1, -0.05) is 26.0 Å². The number of nitrogens with one attached hydrogen (secondary N) is 2. The molecule has 0 unspecified atom stereocenters. The number of hydrogen-bond acceptors (Lipinski definition) is 5. The fourth-order valence-corrected chi connectivity index (χ4v) is 5.51. The van der Waals surface area contributed by atoms with Crippen LogP contribution in [0.4, 0.5) is 0 Å². The van der Waals surface area contributed by atoms with Crippen molar-refractivity contribution in [2.45, 2.75) is 50.6 Å². The first-order chi connectivity index (χ1) is 13.9. The second-order valence-corrected chi connectivity index (χ2v) is 10.2. The molecule has 1 fully saturated rings. The summed E-state index contributed by atoms with van der Waals surface area (Å²) in [4.78, 5) is 9.21. The molecule has 0 amide bonds. The molecule has 0 saturated carbocycles. The van der Waals surface area contributed by atoms with Crippen molar-refractivity contribution in [1.82, 2.24) is 19.9 Å². The highest BCUT2D eigenvalue weighted by molar-refractivity contribution is 7.89. The van der Waals surface area contributed by atoms with Crippen molar-refractivity contribution >= 4 is 27.3 Å². The van der Waals surface area contributed by atoms with Crippen molar-refractivity contribution in [2.75, 3.05) is 20.1 Å². The summed E-state index contributed by atoms with van der Waals surface area (Å²) in [6.45, 7) is 6.67. The molecule has 1 aromatic carbocycles. The Kier molecular flexibility index (Phi) is 7.26. The average molecular weight is 436 g/mol. The number of hydrogen-bond donors (Lipinski definition) is 2. The van der Waals surface area contributed by atoms with Gasteiger partial charge < -0.3 is 10.6 Å². The van der Waals surface area contributed by atoms with E-state index in [1.54, 1.807) is 34.8 Å². The maximum absolute atomic E-state index is 12.6. The van der Waals surface area contributed by atoms with Gasteiger partial charge in [0.1, 0.15) is 5.01 Å². The number of rotatable bonds is 7. The third-order valence-corrected chi connectivity index (χ3v) is 7.66. The molecular weight excluding hydrogens is 406 g/mol. The van der Waals surface area contributed by atoms with Crippen LogP contribution in [0.25, 0.3) is 0 Å². The predicted molar refractivity (Wildman–Crippen MR) is 118 cm³/mol. The van der Waals surface area contributed by atoms with Crippen molar-refractivity contribution in [3.63, 3.8) is 0 Å². The maximum atomic E-state index is 12.6. The Bertz CT molecular complexity index is 930. The lowest BCUT2D eigenvalue weighted by molar-refractivity contribution is 0.477. The van der Waals surface area contributed by atoms with Crippen LogP contribution >= 0.6 is 11.3 Å². The van der Waals surface area contributed by atoms with E-state index in [1.165, 1.54) is 0 Å². The summed E-state index contributed by atoms with van der Waals surface area (Å²) in [5.41, 5.74) is 2.10.